The Morgan fingerprint density at radius 1 is 1.00 bits per heavy atom. The Kier molecular flexibility index (Phi) is 6.18. The van der Waals surface area contributed by atoms with Crippen LogP contribution in [0, 0.1) is 0 Å². The van der Waals surface area contributed by atoms with E-state index >= 15 is 0 Å². The molecule has 0 saturated carbocycles. The highest BCUT2D eigenvalue weighted by atomic mass is 79.9. The molecule has 0 atom stereocenters. The summed E-state index contributed by atoms with van der Waals surface area (Å²) < 4.78 is 7.03. The highest BCUT2D eigenvalue weighted by Crippen LogP contribution is 2.32. The highest BCUT2D eigenvalue weighted by molar-refractivity contribution is 9.11. The van der Waals surface area contributed by atoms with Crippen LogP contribution < -0.4 is 15.4 Å². The number of rotatable bonds is 5. The van der Waals surface area contributed by atoms with Crippen molar-refractivity contribution in [1.29, 1.82) is 0 Å². The van der Waals surface area contributed by atoms with E-state index in [-0.39, 0.29) is 18.4 Å². The van der Waals surface area contributed by atoms with Crippen LogP contribution in [0.1, 0.15) is 6.92 Å². The number of benzene rings is 2. The Morgan fingerprint density at radius 3 is 2.17 bits per heavy atom. The van der Waals surface area contributed by atoms with Gasteiger partial charge in [-0.05, 0) is 62.2 Å². The summed E-state index contributed by atoms with van der Waals surface area (Å²) in [4.78, 5) is 23.0. The minimum Gasteiger partial charge on any atom is -0.481 e. The van der Waals surface area contributed by atoms with Crippen molar-refractivity contribution in [3.8, 4) is 5.75 Å². The van der Waals surface area contributed by atoms with Gasteiger partial charge in [-0.3, -0.25) is 9.59 Å². The Bertz CT molecular complexity index is 715. The number of carbonyl (C=O) groups is 2. The van der Waals surface area contributed by atoms with Crippen molar-refractivity contribution >= 4 is 55.0 Å². The molecule has 0 aliphatic rings. The summed E-state index contributed by atoms with van der Waals surface area (Å²) in [5, 5.41) is 5.38. The molecule has 2 amide bonds. The summed E-state index contributed by atoms with van der Waals surface area (Å²) in [6.07, 6.45) is 0. The number of hydrogen-bond acceptors (Lipinski definition) is 3. The minimum atomic E-state index is -0.298. The number of halogens is 2. The van der Waals surface area contributed by atoms with Crippen LogP contribution in [0.2, 0.25) is 0 Å². The van der Waals surface area contributed by atoms with Crippen molar-refractivity contribution in [3.63, 3.8) is 0 Å². The molecule has 7 heteroatoms. The minimum absolute atomic E-state index is 0.133. The van der Waals surface area contributed by atoms with E-state index in [0.717, 1.165) is 8.95 Å². The molecule has 0 fully saturated rings. The lowest BCUT2D eigenvalue weighted by Gasteiger charge is -2.11. The van der Waals surface area contributed by atoms with E-state index < -0.39 is 0 Å². The lowest BCUT2D eigenvalue weighted by Crippen LogP contribution is -2.20. The van der Waals surface area contributed by atoms with Gasteiger partial charge in [-0.1, -0.05) is 12.1 Å². The molecule has 0 spiro atoms. The Balaban J connectivity index is 1.96. The van der Waals surface area contributed by atoms with Crippen molar-refractivity contribution < 1.29 is 14.3 Å². The van der Waals surface area contributed by atoms with Crippen molar-refractivity contribution in [1.82, 2.24) is 0 Å². The van der Waals surface area contributed by atoms with Crippen LogP contribution in [0.3, 0.4) is 0 Å². The molecule has 23 heavy (non-hydrogen) atoms. The molecule has 5 nitrogen and oxygen atoms in total. The van der Waals surface area contributed by atoms with Crippen LogP contribution in [0.25, 0.3) is 0 Å². The smallest absolute Gasteiger partial charge is 0.262 e. The topological polar surface area (TPSA) is 67.4 Å². The SMILES string of the molecule is CC(=O)Nc1cccc(NC(=O)COc2c(Br)cccc2Br)c1. The van der Waals surface area contributed by atoms with Gasteiger partial charge < -0.3 is 15.4 Å². The fourth-order valence-electron chi connectivity index (χ4n) is 1.83. The van der Waals surface area contributed by atoms with Gasteiger partial charge in [0.05, 0.1) is 8.95 Å². The third-order valence-corrected chi connectivity index (χ3v) is 3.98. The molecule has 0 unspecified atom stereocenters. The van der Waals surface area contributed by atoms with E-state index in [9.17, 15) is 9.59 Å². The molecule has 120 valence electrons. The molecule has 0 aliphatic heterocycles. The van der Waals surface area contributed by atoms with Gasteiger partial charge in [-0.15, -0.1) is 0 Å². The molecule has 2 aromatic carbocycles. The average molecular weight is 442 g/mol. The van der Waals surface area contributed by atoms with E-state index in [0.29, 0.717) is 17.1 Å². The van der Waals surface area contributed by atoms with E-state index in [1.54, 1.807) is 24.3 Å². The van der Waals surface area contributed by atoms with Gasteiger partial charge in [0, 0.05) is 18.3 Å². The zero-order chi connectivity index (χ0) is 16.8. The van der Waals surface area contributed by atoms with Crippen LogP contribution >= 0.6 is 31.9 Å². The van der Waals surface area contributed by atoms with Gasteiger partial charge in [-0.25, -0.2) is 0 Å². The summed E-state index contributed by atoms with van der Waals surface area (Å²) in [5.74, 6) is 0.0952. The van der Waals surface area contributed by atoms with Crippen molar-refractivity contribution in [2.75, 3.05) is 17.2 Å². The van der Waals surface area contributed by atoms with Crippen LogP contribution in [0.4, 0.5) is 11.4 Å². The third-order valence-electron chi connectivity index (χ3n) is 2.73. The normalized spacial score (nSPS) is 10.0. The van der Waals surface area contributed by atoms with Gasteiger partial charge in [0.25, 0.3) is 5.91 Å². The zero-order valence-electron chi connectivity index (χ0n) is 12.2. The average Bonchev–Trinajstić information content (AvgIpc) is 2.46. The molecule has 2 N–H and O–H groups in total. The predicted molar refractivity (Wildman–Crippen MR) is 96.7 cm³/mol. The molecular weight excluding hydrogens is 428 g/mol. The van der Waals surface area contributed by atoms with Crippen LogP contribution in [-0.4, -0.2) is 18.4 Å². The van der Waals surface area contributed by atoms with Crippen LogP contribution in [0.15, 0.2) is 51.4 Å². The summed E-state index contributed by atoms with van der Waals surface area (Å²) in [7, 11) is 0. The number of anilines is 2. The van der Waals surface area contributed by atoms with Gasteiger partial charge in [0.2, 0.25) is 5.91 Å². The van der Waals surface area contributed by atoms with E-state index in [4.69, 9.17) is 4.74 Å². The maximum Gasteiger partial charge on any atom is 0.262 e. The number of amides is 2. The second-order valence-corrected chi connectivity index (χ2v) is 6.36. The zero-order valence-corrected chi connectivity index (χ0v) is 15.4. The third kappa shape index (κ3) is 5.37. The number of carbonyl (C=O) groups excluding carboxylic acids is 2. The lowest BCUT2D eigenvalue weighted by atomic mass is 10.2. The first-order valence-electron chi connectivity index (χ1n) is 6.70. The molecule has 0 aromatic heterocycles. The summed E-state index contributed by atoms with van der Waals surface area (Å²) in [6.45, 7) is 1.29. The second-order valence-electron chi connectivity index (χ2n) is 4.65. The molecule has 2 aromatic rings. The number of ether oxygens (including phenoxy) is 1. The van der Waals surface area contributed by atoms with Crippen LogP contribution in [-0.2, 0) is 9.59 Å². The van der Waals surface area contributed by atoms with Gasteiger partial charge in [0.1, 0.15) is 5.75 Å². The highest BCUT2D eigenvalue weighted by Gasteiger charge is 2.09. The summed E-state index contributed by atoms with van der Waals surface area (Å²) in [6, 6.07) is 12.4. The molecule has 0 saturated heterocycles. The number of para-hydroxylation sites is 1. The van der Waals surface area contributed by atoms with Crippen LogP contribution in [0.5, 0.6) is 5.75 Å². The molecule has 0 heterocycles. The summed E-state index contributed by atoms with van der Waals surface area (Å²) >= 11 is 6.74. The number of nitrogens with one attached hydrogen (secondary N) is 2. The van der Waals surface area contributed by atoms with E-state index in [2.05, 4.69) is 42.5 Å². The monoisotopic (exact) mass is 440 g/mol. The quantitative estimate of drug-likeness (QED) is 0.730. The molecule has 0 radical (unpaired) electrons. The maximum atomic E-state index is 12.0. The maximum absolute atomic E-state index is 12.0. The molecule has 0 bridgehead atoms. The van der Waals surface area contributed by atoms with Gasteiger partial charge in [-0.2, -0.15) is 0 Å². The fourth-order valence-corrected chi connectivity index (χ4v) is 3.06. The number of hydrogen-bond donors (Lipinski definition) is 2. The first-order valence-corrected chi connectivity index (χ1v) is 8.28. The standard InChI is InChI=1S/C16H14Br2N2O3/c1-10(21)19-11-4-2-5-12(8-11)20-15(22)9-23-16-13(17)6-3-7-14(16)18/h2-8H,9H2,1H3,(H,19,21)(H,20,22). The van der Waals surface area contributed by atoms with Crippen molar-refractivity contribution in [2.45, 2.75) is 6.92 Å². The van der Waals surface area contributed by atoms with E-state index in [1.807, 2.05) is 18.2 Å². The largest absolute Gasteiger partial charge is 0.481 e. The van der Waals surface area contributed by atoms with Gasteiger partial charge >= 0.3 is 0 Å². The predicted octanol–water partition coefficient (Wildman–Crippen LogP) is 4.19. The Labute approximate surface area is 150 Å². The Morgan fingerprint density at radius 2 is 1.57 bits per heavy atom. The lowest BCUT2D eigenvalue weighted by molar-refractivity contribution is -0.118. The molecular formula is C16H14Br2N2O3. The molecule has 0 aliphatic carbocycles. The second kappa shape index (κ2) is 8.12. The Hall–Kier alpha value is -1.86. The van der Waals surface area contributed by atoms with Crippen molar-refractivity contribution in [2.24, 2.45) is 0 Å². The first-order chi connectivity index (χ1) is 11.0. The summed E-state index contributed by atoms with van der Waals surface area (Å²) in [5.41, 5.74) is 1.20. The van der Waals surface area contributed by atoms with Gasteiger partial charge in [0.15, 0.2) is 6.61 Å². The molecule has 2 rings (SSSR count). The van der Waals surface area contributed by atoms with E-state index in [1.165, 1.54) is 6.92 Å². The first kappa shape index (κ1) is 17.5. The van der Waals surface area contributed by atoms with Crippen molar-refractivity contribution in [3.05, 3.63) is 51.4 Å². The fraction of sp³-hybridized carbons (Fsp3) is 0.125.